The summed E-state index contributed by atoms with van der Waals surface area (Å²) in [6, 6.07) is 9.48. The average Bonchev–Trinajstić information content (AvgIpc) is 3.27. The Labute approximate surface area is 150 Å². The van der Waals surface area contributed by atoms with E-state index in [4.69, 9.17) is 14.1 Å². The van der Waals surface area contributed by atoms with E-state index in [0.29, 0.717) is 23.4 Å². The summed E-state index contributed by atoms with van der Waals surface area (Å²) >= 11 is 0. The van der Waals surface area contributed by atoms with Crippen molar-refractivity contribution in [3.8, 4) is 0 Å². The lowest BCUT2D eigenvalue weighted by Gasteiger charge is -2.23. The summed E-state index contributed by atoms with van der Waals surface area (Å²) in [4.78, 5) is 29.9. The van der Waals surface area contributed by atoms with Gasteiger partial charge in [0, 0.05) is 12.8 Å². The first-order valence-electron chi connectivity index (χ1n) is 8.09. The highest BCUT2D eigenvalue weighted by Crippen LogP contribution is 2.29. The van der Waals surface area contributed by atoms with Crippen molar-refractivity contribution in [3.05, 3.63) is 53.4 Å². The number of aromatic nitrogens is 1. The molecule has 2 heterocycles. The molecule has 1 aliphatic rings. The van der Waals surface area contributed by atoms with E-state index in [2.05, 4.69) is 15.6 Å². The molecule has 8 nitrogen and oxygen atoms in total. The molecule has 1 aromatic carbocycles. The molecule has 8 heteroatoms. The largest absolute Gasteiger partial charge is 0.466 e. The van der Waals surface area contributed by atoms with Gasteiger partial charge < -0.3 is 19.4 Å². The summed E-state index contributed by atoms with van der Waals surface area (Å²) in [5.41, 5.74) is 1.11. The van der Waals surface area contributed by atoms with Gasteiger partial charge in [-0.1, -0.05) is 40.6 Å². The fourth-order valence-electron chi connectivity index (χ4n) is 2.82. The summed E-state index contributed by atoms with van der Waals surface area (Å²) in [5.74, 6) is -0.827. The minimum atomic E-state index is -1.22. The molecule has 1 atom stereocenters. The summed E-state index contributed by atoms with van der Waals surface area (Å²) < 4.78 is 9.67. The molecule has 136 valence electrons. The zero-order valence-electron chi connectivity index (χ0n) is 14.5. The van der Waals surface area contributed by atoms with E-state index >= 15 is 0 Å². The Morgan fingerprint density at radius 2 is 2.08 bits per heavy atom. The van der Waals surface area contributed by atoms with Crippen LogP contribution in [0.2, 0.25) is 0 Å². The molecule has 26 heavy (non-hydrogen) atoms. The van der Waals surface area contributed by atoms with Crippen LogP contribution in [0.3, 0.4) is 0 Å². The second-order valence-corrected chi connectivity index (χ2v) is 6.07. The van der Waals surface area contributed by atoms with E-state index in [1.165, 1.54) is 13.4 Å². The highest BCUT2D eigenvalue weighted by Gasteiger charge is 2.47. The Kier molecular flexibility index (Phi) is 5.01. The van der Waals surface area contributed by atoms with Crippen molar-refractivity contribution in [1.82, 2.24) is 10.5 Å². The molecule has 2 aromatic rings. The number of ether oxygens (including phenoxy) is 1. The number of oxime groups is 1. The van der Waals surface area contributed by atoms with Crippen LogP contribution in [0.1, 0.15) is 28.0 Å². The third-order valence-corrected chi connectivity index (χ3v) is 4.18. The number of rotatable bonds is 6. The van der Waals surface area contributed by atoms with Gasteiger partial charge in [0.05, 0.1) is 25.1 Å². The molecule has 0 saturated carbocycles. The van der Waals surface area contributed by atoms with E-state index < -0.39 is 11.6 Å². The summed E-state index contributed by atoms with van der Waals surface area (Å²) in [6.45, 7) is 1.83. The maximum atomic E-state index is 12.3. The summed E-state index contributed by atoms with van der Waals surface area (Å²) in [6.07, 6.45) is 1.84. The van der Waals surface area contributed by atoms with Crippen LogP contribution >= 0.6 is 0 Å². The first-order valence-corrected chi connectivity index (χ1v) is 8.09. The topological polar surface area (TPSA) is 103 Å². The van der Waals surface area contributed by atoms with Gasteiger partial charge in [0.25, 0.3) is 5.91 Å². The number of carbonyl (C=O) groups excluding carboxylic acids is 2. The number of methoxy groups -OCH3 is 1. The van der Waals surface area contributed by atoms with E-state index in [1.807, 2.05) is 30.3 Å². The lowest BCUT2D eigenvalue weighted by molar-refractivity contribution is -0.166. The lowest BCUT2D eigenvalue weighted by atomic mass is 9.89. The Morgan fingerprint density at radius 1 is 1.31 bits per heavy atom. The molecule has 0 saturated heterocycles. The smallest absolute Gasteiger partial charge is 0.353 e. The van der Waals surface area contributed by atoms with Gasteiger partial charge in [-0.05, 0) is 12.5 Å². The molecule has 0 spiro atoms. The number of carbonyl (C=O) groups is 2. The first-order chi connectivity index (χ1) is 12.5. The molecule has 0 aliphatic carbocycles. The van der Waals surface area contributed by atoms with Gasteiger partial charge in [-0.2, -0.15) is 0 Å². The maximum Gasteiger partial charge on any atom is 0.353 e. The number of nitrogens with one attached hydrogen (secondary N) is 1. The summed E-state index contributed by atoms with van der Waals surface area (Å²) in [5, 5.41) is 10.4. The number of esters is 1. The predicted molar refractivity (Wildman–Crippen MR) is 91.6 cm³/mol. The molecule has 0 fully saturated rings. The number of hydrogen-bond donors (Lipinski definition) is 1. The van der Waals surface area contributed by atoms with Crippen LogP contribution in [-0.2, 0) is 20.8 Å². The van der Waals surface area contributed by atoms with Crippen LogP contribution in [0.5, 0.6) is 0 Å². The Balaban J connectivity index is 1.65. The Bertz CT molecular complexity index is 830. The monoisotopic (exact) mass is 357 g/mol. The van der Waals surface area contributed by atoms with Crippen molar-refractivity contribution in [3.63, 3.8) is 0 Å². The van der Waals surface area contributed by atoms with Crippen molar-refractivity contribution in [1.29, 1.82) is 0 Å². The minimum Gasteiger partial charge on any atom is -0.466 e. The van der Waals surface area contributed by atoms with Crippen molar-refractivity contribution >= 4 is 17.6 Å². The van der Waals surface area contributed by atoms with Gasteiger partial charge in [0.15, 0.2) is 0 Å². The molecular formula is C18H19N3O5. The maximum absolute atomic E-state index is 12.3. The number of amides is 1. The second-order valence-electron chi connectivity index (χ2n) is 6.07. The normalized spacial score (nSPS) is 18.8. The lowest BCUT2D eigenvalue weighted by Crippen LogP contribution is -2.43. The van der Waals surface area contributed by atoms with E-state index in [0.717, 1.165) is 5.56 Å². The SMILES string of the molecule is COC(=O)C1(Cc2ccccc2)CC(CNC(=O)c2conc2C)=NO1. The fourth-order valence-corrected chi connectivity index (χ4v) is 2.82. The van der Waals surface area contributed by atoms with Crippen LogP contribution in [0.25, 0.3) is 0 Å². The molecular weight excluding hydrogens is 338 g/mol. The molecule has 1 aliphatic heterocycles. The van der Waals surface area contributed by atoms with Gasteiger partial charge in [-0.3, -0.25) is 4.79 Å². The van der Waals surface area contributed by atoms with Crippen LogP contribution in [0.15, 0.2) is 46.3 Å². The van der Waals surface area contributed by atoms with Crippen molar-refractivity contribution in [2.24, 2.45) is 5.16 Å². The van der Waals surface area contributed by atoms with Gasteiger partial charge in [0.2, 0.25) is 5.60 Å². The minimum absolute atomic E-state index is 0.150. The number of hydrogen-bond acceptors (Lipinski definition) is 7. The van der Waals surface area contributed by atoms with Crippen molar-refractivity contribution in [2.45, 2.75) is 25.4 Å². The Morgan fingerprint density at radius 3 is 2.73 bits per heavy atom. The fraction of sp³-hybridized carbons (Fsp3) is 0.333. The van der Waals surface area contributed by atoms with Gasteiger partial charge in [-0.25, -0.2) is 4.79 Å². The standard InChI is InChI=1S/C18H19N3O5/c1-12-15(11-25-20-12)16(22)19-10-14-9-18(26-21-14,17(23)24-2)8-13-6-4-3-5-7-13/h3-7,11H,8-10H2,1-2H3,(H,19,22). The molecule has 0 radical (unpaired) electrons. The van der Waals surface area contributed by atoms with E-state index in [9.17, 15) is 9.59 Å². The zero-order valence-corrected chi connectivity index (χ0v) is 14.5. The quantitative estimate of drug-likeness (QED) is 0.789. The highest BCUT2D eigenvalue weighted by molar-refractivity contribution is 6.00. The van der Waals surface area contributed by atoms with E-state index in [-0.39, 0.29) is 18.9 Å². The van der Waals surface area contributed by atoms with Crippen LogP contribution in [-0.4, -0.2) is 42.0 Å². The number of aryl methyl sites for hydroxylation is 1. The van der Waals surface area contributed by atoms with Crippen molar-refractivity contribution < 1.29 is 23.7 Å². The van der Waals surface area contributed by atoms with Crippen molar-refractivity contribution in [2.75, 3.05) is 13.7 Å². The molecule has 3 rings (SSSR count). The van der Waals surface area contributed by atoms with Crippen LogP contribution in [0.4, 0.5) is 0 Å². The third kappa shape index (κ3) is 3.58. The highest BCUT2D eigenvalue weighted by atomic mass is 16.7. The average molecular weight is 357 g/mol. The molecule has 1 aromatic heterocycles. The second kappa shape index (κ2) is 7.38. The molecule has 1 N–H and O–H groups in total. The molecule has 1 amide bonds. The third-order valence-electron chi connectivity index (χ3n) is 4.18. The summed E-state index contributed by atoms with van der Waals surface area (Å²) in [7, 11) is 1.31. The van der Waals surface area contributed by atoms with Gasteiger partial charge >= 0.3 is 5.97 Å². The van der Waals surface area contributed by atoms with E-state index in [1.54, 1.807) is 6.92 Å². The zero-order chi connectivity index (χ0) is 18.6. The van der Waals surface area contributed by atoms with Crippen LogP contribution in [0, 0.1) is 6.92 Å². The molecule has 0 bridgehead atoms. The molecule has 1 unspecified atom stereocenters. The number of benzene rings is 1. The van der Waals surface area contributed by atoms with Gasteiger partial charge in [-0.15, -0.1) is 0 Å². The van der Waals surface area contributed by atoms with Crippen LogP contribution < -0.4 is 5.32 Å². The number of nitrogens with zero attached hydrogens (tertiary/aromatic N) is 2. The predicted octanol–water partition coefficient (Wildman–Crippen LogP) is 1.64. The first kappa shape index (κ1) is 17.7. The van der Waals surface area contributed by atoms with Gasteiger partial charge in [0.1, 0.15) is 11.8 Å². The Hall–Kier alpha value is -3.16.